The van der Waals surface area contributed by atoms with E-state index in [9.17, 15) is 4.79 Å². The lowest BCUT2D eigenvalue weighted by Gasteiger charge is -2.26. The topological polar surface area (TPSA) is 101 Å². The van der Waals surface area contributed by atoms with Crippen LogP contribution in [0.5, 0.6) is 5.75 Å². The molecule has 0 saturated heterocycles. The molecule has 0 fully saturated rings. The fourth-order valence-corrected chi connectivity index (χ4v) is 5.05. The molecule has 9 heteroatoms. The molecular weight excluding hydrogens is 414 g/mol. The maximum Gasteiger partial charge on any atom is 0.265 e. The molecule has 8 nitrogen and oxygen atoms in total. The Labute approximate surface area is 182 Å². The van der Waals surface area contributed by atoms with Gasteiger partial charge in [0, 0.05) is 23.8 Å². The number of ether oxygens (including phenoxy) is 2. The van der Waals surface area contributed by atoms with Crippen molar-refractivity contribution >= 4 is 33.1 Å². The summed E-state index contributed by atoms with van der Waals surface area (Å²) in [6.07, 6.45) is 1.29. The first kappa shape index (κ1) is 19.5. The van der Waals surface area contributed by atoms with E-state index in [1.165, 1.54) is 11.3 Å². The number of aromatic amines is 1. The quantitative estimate of drug-likeness (QED) is 0.438. The summed E-state index contributed by atoms with van der Waals surface area (Å²) in [5.41, 5.74) is 5.32. The molecule has 5 rings (SSSR count). The summed E-state index contributed by atoms with van der Waals surface area (Å²) in [7, 11) is 3.30. The first-order chi connectivity index (χ1) is 15.1. The number of H-pyrrole nitrogens is 1. The third-order valence-corrected chi connectivity index (χ3v) is 6.38. The van der Waals surface area contributed by atoms with Gasteiger partial charge in [-0.3, -0.25) is 9.89 Å². The first-order valence-corrected chi connectivity index (χ1v) is 10.6. The number of hydrogen-bond donors (Lipinski definition) is 3. The molecule has 1 atom stereocenters. The maximum atomic E-state index is 13.0. The summed E-state index contributed by atoms with van der Waals surface area (Å²) in [4.78, 5) is 19.1. The summed E-state index contributed by atoms with van der Waals surface area (Å²) in [6, 6.07) is 9.73. The van der Waals surface area contributed by atoms with E-state index >= 15 is 0 Å². The standard InChI is InChI=1S/C22H21N5O3S/c1-11-8-13(10-29-2)16-18-19(31-22(16)24-11)21(28)26-20(25-18)17-15(9-23-27-17)12-4-6-14(30-3)7-5-12/h4-9,20,25H,10H2,1-3H3,(H,23,27)(H,26,28). The van der Waals surface area contributed by atoms with Gasteiger partial charge in [-0.2, -0.15) is 5.10 Å². The molecule has 1 aromatic carbocycles. The van der Waals surface area contributed by atoms with Gasteiger partial charge in [0.1, 0.15) is 21.6 Å². The summed E-state index contributed by atoms with van der Waals surface area (Å²) in [6.45, 7) is 2.39. The number of carbonyl (C=O) groups is 1. The Bertz CT molecular complexity index is 1280. The Morgan fingerprint density at radius 2 is 1.97 bits per heavy atom. The van der Waals surface area contributed by atoms with E-state index in [0.717, 1.165) is 49.7 Å². The van der Waals surface area contributed by atoms with Crippen molar-refractivity contribution in [2.75, 3.05) is 19.5 Å². The molecule has 4 heterocycles. The minimum atomic E-state index is -0.464. The van der Waals surface area contributed by atoms with E-state index < -0.39 is 6.17 Å². The highest BCUT2D eigenvalue weighted by atomic mass is 32.1. The Hall–Kier alpha value is -3.43. The van der Waals surface area contributed by atoms with E-state index in [0.29, 0.717) is 11.5 Å². The number of thiophene rings is 1. The van der Waals surface area contributed by atoms with Crippen LogP contribution in [-0.4, -0.2) is 35.3 Å². The lowest BCUT2D eigenvalue weighted by Crippen LogP contribution is -2.38. The van der Waals surface area contributed by atoms with Crippen LogP contribution in [0.3, 0.4) is 0 Å². The van der Waals surface area contributed by atoms with Crippen molar-refractivity contribution in [1.82, 2.24) is 20.5 Å². The number of nitrogens with one attached hydrogen (secondary N) is 3. The van der Waals surface area contributed by atoms with Gasteiger partial charge in [-0.05, 0) is 36.2 Å². The van der Waals surface area contributed by atoms with E-state index in [1.807, 2.05) is 37.3 Å². The van der Waals surface area contributed by atoms with Crippen molar-refractivity contribution in [2.45, 2.75) is 19.7 Å². The number of aryl methyl sites for hydroxylation is 1. The Morgan fingerprint density at radius 3 is 2.71 bits per heavy atom. The van der Waals surface area contributed by atoms with Crippen LogP contribution >= 0.6 is 11.3 Å². The van der Waals surface area contributed by atoms with Crippen LogP contribution in [-0.2, 0) is 11.3 Å². The van der Waals surface area contributed by atoms with Crippen LogP contribution in [0.4, 0.5) is 5.69 Å². The number of aromatic nitrogens is 3. The van der Waals surface area contributed by atoms with Gasteiger partial charge in [0.2, 0.25) is 0 Å². The minimum Gasteiger partial charge on any atom is -0.497 e. The molecule has 0 bridgehead atoms. The Kier molecular flexibility index (Phi) is 4.84. The monoisotopic (exact) mass is 435 g/mol. The molecule has 4 aromatic rings. The number of amides is 1. The summed E-state index contributed by atoms with van der Waals surface area (Å²) >= 11 is 1.39. The average Bonchev–Trinajstić information content (AvgIpc) is 3.39. The molecule has 158 valence electrons. The van der Waals surface area contributed by atoms with Gasteiger partial charge in [0.15, 0.2) is 0 Å². The van der Waals surface area contributed by atoms with Crippen LogP contribution in [0.2, 0.25) is 0 Å². The van der Waals surface area contributed by atoms with Gasteiger partial charge in [0.05, 0.1) is 31.3 Å². The first-order valence-electron chi connectivity index (χ1n) is 9.76. The van der Waals surface area contributed by atoms with Gasteiger partial charge in [-0.25, -0.2) is 4.98 Å². The van der Waals surface area contributed by atoms with Crippen LogP contribution in [0.25, 0.3) is 21.3 Å². The highest BCUT2D eigenvalue weighted by Crippen LogP contribution is 2.42. The lowest BCUT2D eigenvalue weighted by atomic mass is 10.0. The molecule has 1 aliphatic heterocycles. The second-order valence-electron chi connectivity index (χ2n) is 7.32. The highest BCUT2D eigenvalue weighted by Gasteiger charge is 2.32. The van der Waals surface area contributed by atoms with Crippen LogP contribution < -0.4 is 15.4 Å². The zero-order valence-electron chi connectivity index (χ0n) is 17.3. The number of pyridine rings is 1. The predicted octanol–water partition coefficient (Wildman–Crippen LogP) is 4.00. The normalized spacial score (nSPS) is 15.5. The van der Waals surface area contributed by atoms with E-state index in [2.05, 4.69) is 25.8 Å². The molecule has 0 aliphatic carbocycles. The maximum absolute atomic E-state index is 13.0. The van der Waals surface area contributed by atoms with Crippen molar-refractivity contribution in [3.8, 4) is 16.9 Å². The number of nitrogens with zero attached hydrogens (tertiary/aromatic N) is 2. The molecule has 3 N–H and O–H groups in total. The highest BCUT2D eigenvalue weighted by molar-refractivity contribution is 7.21. The molecule has 1 unspecified atom stereocenters. The fraction of sp³-hybridized carbons (Fsp3) is 0.227. The molecule has 3 aromatic heterocycles. The van der Waals surface area contributed by atoms with Gasteiger partial charge < -0.3 is 20.1 Å². The number of benzene rings is 1. The molecular formula is C22H21N5O3S. The zero-order chi connectivity index (χ0) is 21.5. The van der Waals surface area contributed by atoms with Gasteiger partial charge in [-0.15, -0.1) is 11.3 Å². The van der Waals surface area contributed by atoms with Crippen LogP contribution in [0.15, 0.2) is 36.5 Å². The molecule has 31 heavy (non-hydrogen) atoms. The summed E-state index contributed by atoms with van der Waals surface area (Å²) in [5, 5.41) is 14.7. The van der Waals surface area contributed by atoms with Gasteiger partial charge >= 0.3 is 0 Å². The summed E-state index contributed by atoms with van der Waals surface area (Å²) in [5.74, 6) is 0.638. The van der Waals surface area contributed by atoms with Crippen molar-refractivity contribution in [3.05, 3.63) is 58.4 Å². The fourth-order valence-electron chi connectivity index (χ4n) is 3.92. The van der Waals surface area contributed by atoms with Gasteiger partial charge in [-0.1, -0.05) is 12.1 Å². The predicted molar refractivity (Wildman–Crippen MR) is 119 cm³/mol. The number of anilines is 1. The largest absolute Gasteiger partial charge is 0.497 e. The van der Waals surface area contributed by atoms with Crippen molar-refractivity contribution in [3.63, 3.8) is 0 Å². The van der Waals surface area contributed by atoms with Gasteiger partial charge in [0.25, 0.3) is 5.91 Å². The number of carbonyl (C=O) groups excluding carboxylic acids is 1. The smallest absolute Gasteiger partial charge is 0.265 e. The van der Waals surface area contributed by atoms with Crippen molar-refractivity contribution in [2.24, 2.45) is 0 Å². The van der Waals surface area contributed by atoms with Crippen LogP contribution in [0, 0.1) is 6.92 Å². The Morgan fingerprint density at radius 1 is 1.16 bits per heavy atom. The molecule has 0 spiro atoms. The third kappa shape index (κ3) is 3.31. The molecule has 1 aliphatic rings. The number of rotatable bonds is 5. The average molecular weight is 436 g/mol. The van der Waals surface area contributed by atoms with Crippen molar-refractivity contribution < 1.29 is 14.3 Å². The molecule has 0 saturated carbocycles. The van der Waals surface area contributed by atoms with Crippen molar-refractivity contribution in [1.29, 1.82) is 0 Å². The second-order valence-corrected chi connectivity index (χ2v) is 8.32. The van der Waals surface area contributed by atoms with E-state index in [1.54, 1.807) is 20.4 Å². The number of hydrogen-bond acceptors (Lipinski definition) is 7. The number of methoxy groups -OCH3 is 2. The Balaban J connectivity index is 1.57. The summed E-state index contributed by atoms with van der Waals surface area (Å²) < 4.78 is 10.6. The second kappa shape index (κ2) is 7.68. The van der Waals surface area contributed by atoms with Crippen LogP contribution in [0.1, 0.15) is 32.8 Å². The SMILES string of the molecule is COCc1cc(C)nc2sc3c(c12)NC(c1[nH]ncc1-c1ccc(OC)cc1)NC3=O. The van der Waals surface area contributed by atoms with E-state index in [-0.39, 0.29) is 5.91 Å². The minimum absolute atomic E-state index is 0.141. The lowest BCUT2D eigenvalue weighted by molar-refractivity contribution is 0.0939. The molecule has 0 radical (unpaired) electrons. The number of fused-ring (bicyclic) bond motifs is 3. The third-order valence-electron chi connectivity index (χ3n) is 5.30. The molecule has 1 amide bonds. The zero-order valence-corrected chi connectivity index (χ0v) is 18.1. The van der Waals surface area contributed by atoms with E-state index in [4.69, 9.17) is 9.47 Å².